The van der Waals surface area contributed by atoms with Crippen LogP contribution in [-0.4, -0.2) is 35.7 Å². The minimum Gasteiger partial charge on any atom is -0.393 e. The topological polar surface area (TPSA) is 49.3 Å². The molecular formula is C11H21NO2S. The molecule has 3 nitrogen and oxygen atoms in total. The molecule has 0 unspecified atom stereocenters. The number of aliphatic hydroxyl groups is 1. The highest BCUT2D eigenvalue weighted by Crippen LogP contribution is 2.23. The molecule has 0 bridgehead atoms. The monoisotopic (exact) mass is 231 g/mol. The molecule has 15 heavy (non-hydrogen) atoms. The van der Waals surface area contributed by atoms with Gasteiger partial charge in [0.1, 0.15) is 0 Å². The number of nitrogens with one attached hydrogen (secondary N) is 1. The van der Waals surface area contributed by atoms with Gasteiger partial charge in [-0.3, -0.25) is 4.79 Å². The van der Waals surface area contributed by atoms with E-state index in [9.17, 15) is 9.90 Å². The number of aliphatic hydroxyl groups excluding tert-OH is 1. The number of thioether (sulfide) groups is 1. The van der Waals surface area contributed by atoms with E-state index in [-0.39, 0.29) is 12.0 Å². The highest BCUT2D eigenvalue weighted by atomic mass is 32.2. The SMILES string of the molecule is CSCCC(=O)NCC1CCC(O)CC1. The Morgan fingerprint density at radius 1 is 1.40 bits per heavy atom. The van der Waals surface area contributed by atoms with E-state index in [0.29, 0.717) is 12.3 Å². The molecule has 1 rings (SSSR count). The lowest BCUT2D eigenvalue weighted by Gasteiger charge is -2.25. The standard InChI is InChI=1S/C11H21NO2S/c1-15-7-6-11(14)12-8-9-2-4-10(13)5-3-9/h9-10,13H,2-8H2,1H3,(H,12,14). The van der Waals surface area contributed by atoms with Crippen LogP contribution < -0.4 is 5.32 Å². The molecular weight excluding hydrogens is 210 g/mol. The fraction of sp³-hybridized carbons (Fsp3) is 0.909. The quantitative estimate of drug-likeness (QED) is 0.752. The third-order valence-electron chi connectivity index (χ3n) is 2.94. The zero-order valence-electron chi connectivity index (χ0n) is 9.37. The number of hydrogen-bond donors (Lipinski definition) is 2. The third kappa shape index (κ3) is 5.42. The second-order valence-corrected chi connectivity index (χ2v) is 5.21. The smallest absolute Gasteiger partial charge is 0.220 e. The van der Waals surface area contributed by atoms with Gasteiger partial charge in [0, 0.05) is 18.7 Å². The van der Waals surface area contributed by atoms with Crippen LogP contribution >= 0.6 is 11.8 Å². The number of hydrogen-bond acceptors (Lipinski definition) is 3. The van der Waals surface area contributed by atoms with Crippen molar-refractivity contribution in [3.05, 3.63) is 0 Å². The molecule has 0 heterocycles. The maximum absolute atomic E-state index is 11.3. The maximum atomic E-state index is 11.3. The summed E-state index contributed by atoms with van der Waals surface area (Å²) in [6, 6.07) is 0. The van der Waals surface area contributed by atoms with Gasteiger partial charge in [-0.05, 0) is 37.9 Å². The summed E-state index contributed by atoms with van der Waals surface area (Å²) in [6.07, 6.45) is 6.41. The Kier molecular flexibility index (Phi) is 6.10. The lowest BCUT2D eigenvalue weighted by Crippen LogP contribution is -2.32. The van der Waals surface area contributed by atoms with Gasteiger partial charge < -0.3 is 10.4 Å². The minimum atomic E-state index is -0.103. The van der Waals surface area contributed by atoms with E-state index >= 15 is 0 Å². The molecule has 88 valence electrons. The predicted octanol–water partition coefficient (Wildman–Crippen LogP) is 1.41. The first kappa shape index (κ1) is 12.8. The van der Waals surface area contributed by atoms with Crippen molar-refractivity contribution in [1.82, 2.24) is 5.32 Å². The van der Waals surface area contributed by atoms with Gasteiger partial charge in [-0.15, -0.1) is 0 Å². The van der Waals surface area contributed by atoms with Gasteiger partial charge in [-0.2, -0.15) is 11.8 Å². The Balaban J connectivity index is 2.06. The summed E-state index contributed by atoms with van der Waals surface area (Å²) in [5.74, 6) is 1.64. The summed E-state index contributed by atoms with van der Waals surface area (Å²) in [5, 5.41) is 12.3. The van der Waals surface area contributed by atoms with Crippen molar-refractivity contribution in [2.24, 2.45) is 5.92 Å². The Morgan fingerprint density at radius 3 is 2.67 bits per heavy atom. The summed E-state index contributed by atoms with van der Waals surface area (Å²) in [5.41, 5.74) is 0. The van der Waals surface area contributed by atoms with Crippen molar-refractivity contribution in [3.63, 3.8) is 0 Å². The van der Waals surface area contributed by atoms with E-state index in [1.165, 1.54) is 0 Å². The lowest BCUT2D eigenvalue weighted by molar-refractivity contribution is -0.120. The Bertz CT molecular complexity index is 191. The van der Waals surface area contributed by atoms with Crippen LogP contribution in [0.5, 0.6) is 0 Å². The van der Waals surface area contributed by atoms with Gasteiger partial charge in [0.25, 0.3) is 0 Å². The number of amides is 1. The largest absolute Gasteiger partial charge is 0.393 e. The Morgan fingerprint density at radius 2 is 2.07 bits per heavy atom. The van der Waals surface area contributed by atoms with Crippen molar-refractivity contribution >= 4 is 17.7 Å². The normalized spacial score (nSPS) is 26.3. The average molecular weight is 231 g/mol. The second-order valence-electron chi connectivity index (χ2n) is 4.22. The van der Waals surface area contributed by atoms with Crippen molar-refractivity contribution in [2.45, 2.75) is 38.2 Å². The second kappa shape index (κ2) is 7.12. The predicted molar refractivity (Wildman–Crippen MR) is 64.0 cm³/mol. The van der Waals surface area contributed by atoms with E-state index in [4.69, 9.17) is 0 Å². The van der Waals surface area contributed by atoms with Gasteiger partial charge in [0.15, 0.2) is 0 Å². The van der Waals surface area contributed by atoms with Gasteiger partial charge in [0.2, 0.25) is 5.91 Å². The summed E-state index contributed by atoms with van der Waals surface area (Å²) >= 11 is 1.70. The summed E-state index contributed by atoms with van der Waals surface area (Å²) in [6.45, 7) is 0.792. The van der Waals surface area contributed by atoms with Crippen LogP contribution in [-0.2, 0) is 4.79 Å². The number of carbonyl (C=O) groups is 1. The van der Waals surface area contributed by atoms with Crippen LogP contribution in [0.1, 0.15) is 32.1 Å². The number of carbonyl (C=O) groups excluding carboxylic acids is 1. The van der Waals surface area contributed by atoms with E-state index in [1.807, 2.05) is 6.26 Å². The molecule has 0 saturated heterocycles. The van der Waals surface area contributed by atoms with Gasteiger partial charge in [0.05, 0.1) is 6.10 Å². The van der Waals surface area contributed by atoms with Crippen LogP contribution in [0.3, 0.4) is 0 Å². The van der Waals surface area contributed by atoms with E-state index in [0.717, 1.165) is 38.0 Å². The minimum absolute atomic E-state index is 0.103. The summed E-state index contributed by atoms with van der Waals surface area (Å²) < 4.78 is 0. The lowest BCUT2D eigenvalue weighted by atomic mass is 9.87. The highest BCUT2D eigenvalue weighted by molar-refractivity contribution is 7.98. The molecule has 2 N–H and O–H groups in total. The highest BCUT2D eigenvalue weighted by Gasteiger charge is 2.19. The molecule has 0 atom stereocenters. The van der Waals surface area contributed by atoms with E-state index in [2.05, 4.69) is 5.32 Å². The molecule has 0 aromatic heterocycles. The molecule has 4 heteroatoms. The van der Waals surface area contributed by atoms with Crippen molar-refractivity contribution in [2.75, 3.05) is 18.6 Å². The van der Waals surface area contributed by atoms with Crippen LogP contribution in [0.4, 0.5) is 0 Å². The Hall–Kier alpha value is -0.220. The van der Waals surface area contributed by atoms with Crippen LogP contribution in [0, 0.1) is 5.92 Å². The number of rotatable bonds is 5. The first-order chi connectivity index (χ1) is 7.22. The zero-order chi connectivity index (χ0) is 11.1. The molecule has 0 spiro atoms. The molecule has 1 aliphatic carbocycles. The fourth-order valence-electron chi connectivity index (χ4n) is 1.89. The Labute approximate surface area is 96.0 Å². The molecule has 0 aliphatic heterocycles. The van der Waals surface area contributed by atoms with Gasteiger partial charge in [-0.25, -0.2) is 0 Å². The molecule has 0 aromatic carbocycles. The van der Waals surface area contributed by atoms with Crippen LogP contribution in [0.25, 0.3) is 0 Å². The molecule has 1 aliphatic rings. The zero-order valence-corrected chi connectivity index (χ0v) is 10.2. The van der Waals surface area contributed by atoms with Crippen LogP contribution in [0.2, 0.25) is 0 Å². The fourth-order valence-corrected chi connectivity index (χ4v) is 2.28. The van der Waals surface area contributed by atoms with Crippen molar-refractivity contribution in [1.29, 1.82) is 0 Å². The van der Waals surface area contributed by atoms with Crippen molar-refractivity contribution in [3.8, 4) is 0 Å². The third-order valence-corrected chi connectivity index (χ3v) is 3.55. The van der Waals surface area contributed by atoms with Crippen LogP contribution in [0.15, 0.2) is 0 Å². The van der Waals surface area contributed by atoms with E-state index < -0.39 is 0 Å². The molecule has 1 fully saturated rings. The molecule has 1 saturated carbocycles. The van der Waals surface area contributed by atoms with Gasteiger partial charge >= 0.3 is 0 Å². The first-order valence-electron chi connectivity index (χ1n) is 5.66. The molecule has 0 aromatic rings. The van der Waals surface area contributed by atoms with E-state index in [1.54, 1.807) is 11.8 Å². The maximum Gasteiger partial charge on any atom is 0.220 e. The summed E-state index contributed by atoms with van der Waals surface area (Å²) in [7, 11) is 0. The summed E-state index contributed by atoms with van der Waals surface area (Å²) in [4.78, 5) is 11.3. The molecule has 0 radical (unpaired) electrons. The van der Waals surface area contributed by atoms with Crippen molar-refractivity contribution < 1.29 is 9.90 Å². The first-order valence-corrected chi connectivity index (χ1v) is 7.05. The average Bonchev–Trinajstić information content (AvgIpc) is 2.25. The van der Waals surface area contributed by atoms with Gasteiger partial charge in [-0.1, -0.05) is 0 Å². The molecule has 1 amide bonds.